The number of aromatic nitrogens is 4. The molecule has 8 aromatic rings. The summed E-state index contributed by atoms with van der Waals surface area (Å²) in [4.78, 5) is 44.0. The van der Waals surface area contributed by atoms with Gasteiger partial charge in [0.25, 0.3) is 0 Å². The molecule has 6 heterocycles. The summed E-state index contributed by atoms with van der Waals surface area (Å²) in [6, 6.07) is 46.3. The summed E-state index contributed by atoms with van der Waals surface area (Å²) in [7, 11) is -8.46. The predicted molar refractivity (Wildman–Crippen MR) is 449 cm³/mol. The molecule has 4 aromatic heterocycles. The van der Waals surface area contributed by atoms with Crippen LogP contribution in [0.3, 0.4) is 0 Å². The smallest absolute Gasteiger partial charge is 0.410 e. The molecule has 2 atom stereocenters. The molecule has 0 aliphatic carbocycles. The van der Waals surface area contributed by atoms with E-state index in [0.29, 0.717) is 105 Å². The SMILES string of the molecule is CCOP(C)(=O)c1cc(C#Cc2ccc(C)cc2)cc(CN2CCN(Cc3cc(C#Cc4ccc(OC)cc4)cc(P(C)(C)=O)n3)CCN(C(=O)OC(C)(C)C)CC2)n1.CCOP(C)(=O)c1cc(C#Cc2ccc(C)cc2)cc(CN2CCNCCN(Cc3cc(C#Cc4ccc(OC)cc4)cc(P(C)(C)=O)n3)CC2)n1. The number of hydrogen-bond acceptors (Lipinski definition) is 19. The number of ether oxygens (including phenoxy) is 3. The first-order valence-electron chi connectivity index (χ1n) is 37.5. The number of amides is 1. The number of benzene rings is 4. The molecule has 0 bridgehead atoms. The van der Waals surface area contributed by atoms with Crippen LogP contribution in [0.2, 0.25) is 0 Å². The second-order valence-electron chi connectivity index (χ2n) is 29.6. The molecule has 10 rings (SSSR count). The molecular weight excluding hydrogens is 1470 g/mol. The van der Waals surface area contributed by atoms with Crippen molar-refractivity contribution in [1.29, 1.82) is 0 Å². The van der Waals surface area contributed by atoms with Gasteiger partial charge in [0.2, 0.25) is 14.7 Å². The number of rotatable bonds is 18. The van der Waals surface area contributed by atoms with Crippen LogP contribution >= 0.6 is 29.0 Å². The van der Waals surface area contributed by atoms with Crippen LogP contribution in [-0.2, 0) is 58.2 Å². The molecule has 1 amide bonds. The van der Waals surface area contributed by atoms with E-state index in [1.807, 2.05) is 175 Å². The molecule has 2 aliphatic rings. The minimum Gasteiger partial charge on any atom is -0.497 e. The lowest BCUT2D eigenvalue weighted by Gasteiger charge is -2.29. The van der Waals surface area contributed by atoms with E-state index >= 15 is 0 Å². The Morgan fingerprint density at radius 3 is 0.955 bits per heavy atom. The van der Waals surface area contributed by atoms with Crippen molar-refractivity contribution in [3.8, 4) is 58.9 Å². The molecule has 0 saturated carbocycles. The van der Waals surface area contributed by atoms with Gasteiger partial charge in [0.15, 0.2) is 0 Å². The molecule has 2 fully saturated rings. The Bertz CT molecular complexity index is 5000. The van der Waals surface area contributed by atoms with Crippen molar-refractivity contribution >= 4 is 56.9 Å². The van der Waals surface area contributed by atoms with Crippen molar-refractivity contribution in [2.24, 2.45) is 0 Å². The van der Waals surface area contributed by atoms with E-state index in [0.717, 1.165) is 112 Å². The molecule has 2 saturated heterocycles. The minimum absolute atomic E-state index is 0.287. The van der Waals surface area contributed by atoms with E-state index in [-0.39, 0.29) is 12.7 Å². The maximum atomic E-state index is 13.7. The second-order valence-corrected chi connectivity index (χ2v) is 40.7. The van der Waals surface area contributed by atoms with Gasteiger partial charge in [-0.05, 0) is 196 Å². The van der Waals surface area contributed by atoms with Crippen molar-refractivity contribution in [2.75, 3.05) is 146 Å². The van der Waals surface area contributed by atoms with Crippen molar-refractivity contribution in [1.82, 2.24) is 49.8 Å². The largest absolute Gasteiger partial charge is 0.497 e. The van der Waals surface area contributed by atoms with Gasteiger partial charge in [0.1, 0.15) is 53.1 Å². The van der Waals surface area contributed by atoms with Gasteiger partial charge in [-0.2, -0.15) is 0 Å². The molecule has 0 spiro atoms. The molecule has 4 aromatic carbocycles. The van der Waals surface area contributed by atoms with Crippen LogP contribution in [0.1, 0.15) is 113 Å². The fraction of sp³-hybridized carbons (Fsp3) is 0.391. The number of carbonyl (C=O) groups excluding carboxylic acids is 1. The second kappa shape index (κ2) is 40.1. The maximum absolute atomic E-state index is 13.7. The number of aryl methyl sites for hydroxylation is 2. The number of carbonyl (C=O) groups is 1. The van der Waals surface area contributed by atoms with Gasteiger partial charge in [-0.3, -0.25) is 28.7 Å². The lowest BCUT2D eigenvalue weighted by atomic mass is 10.1. The average Bonchev–Trinajstić information content (AvgIpc) is 1.41. The molecule has 0 radical (unpaired) electrons. The molecular formula is C87H106N10O10P4. The summed E-state index contributed by atoms with van der Waals surface area (Å²) < 4.78 is 81.6. The standard InChI is InChI=1S/C46H57N5O6P2.C41H49N5O4P2/c1-10-56-59(9,54)44-32-39(18-15-36-13-11-35(2)12-14-36)30-41(48-44)34-50-24-23-49(25-27-51(28-26-50)45(52)57-46(3,4)5)33-40-29-38(31-43(47-40)58(7,8)53)17-16-37-19-21-42(55-6)22-20-37;1-7-50-52(6,48)41-29-36(15-12-33-10-8-32(2)9-11-33)27-38(44-41)31-46-23-21-42-20-22-45(24-25-46)30-37-26-35(28-40(43-37)51(4,5)47)14-13-34-16-18-39(49-3)19-17-34/h11-14,19-22,29-32H,10,23-28,33-34H2,1-9H3;8-11,16-19,26-29,42H,7,20-25,30-31H2,1-6H3. The monoisotopic (exact) mass is 1570 g/mol. The Hall–Kier alpha value is -8.77. The van der Waals surface area contributed by atoms with Crippen LogP contribution in [-0.4, -0.2) is 202 Å². The van der Waals surface area contributed by atoms with Gasteiger partial charge >= 0.3 is 6.09 Å². The number of hydrogen-bond donors (Lipinski definition) is 1. The fourth-order valence-corrected chi connectivity index (χ4v) is 16.3. The summed E-state index contributed by atoms with van der Waals surface area (Å²) >= 11 is 0. The van der Waals surface area contributed by atoms with E-state index in [2.05, 4.69) is 79.2 Å². The van der Waals surface area contributed by atoms with Crippen LogP contribution in [0.15, 0.2) is 146 Å². The van der Waals surface area contributed by atoms with Gasteiger partial charge in [-0.25, -0.2) is 24.7 Å². The van der Waals surface area contributed by atoms with Gasteiger partial charge in [0.05, 0.1) is 50.2 Å². The highest BCUT2D eigenvalue weighted by Gasteiger charge is 2.29. The number of methoxy groups -OCH3 is 2. The first-order chi connectivity index (χ1) is 52.8. The number of nitrogens with one attached hydrogen (secondary N) is 1. The van der Waals surface area contributed by atoms with Crippen LogP contribution < -0.4 is 36.5 Å². The lowest BCUT2D eigenvalue weighted by Crippen LogP contribution is -2.42. The Labute approximate surface area is 658 Å². The Kier molecular flexibility index (Phi) is 31.2. The van der Waals surface area contributed by atoms with Crippen molar-refractivity contribution < 1.29 is 46.3 Å². The molecule has 20 nitrogen and oxygen atoms in total. The van der Waals surface area contributed by atoms with Gasteiger partial charge in [-0.1, -0.05) is 82.8 Å². The van der Waals surface area contributed by atoms with Crippen LogP contribution in [0, 0.1) is 61.2 Å². The zero-order valence-electron chi connectivity index (χ0n) is 67.0. The number of nitrogens with zero attached hydrogens (tertiary/aromatic N) is 9. The zero-order chi connectivity index (χ0) is 79.9. The summed E-state index contributed by atoms with van der Waals surface area (Å²) in [5.41, 5.74) is 13.1. The fourth-order valence-electron chi connectivity index (χ4n) is 12.0. The molecule has 584 valence electrons. The minimum atomic E-state index is -3.23. The van der Waals surface area contributed by atoms with E-state index in [1.165, 1.54) is 5.56 Å². The van der Waals surface area contributed by atoms with E-state index < -0.39 is 34.6 Å². The Morgan fingerprint density at radius 2 is 0.667 bits per heavy atom. The summed E-state index contributed by atoms with van der Waals surface area (Å²) in [6.07, 6.45) is -0.383. The Morgan fingerprint density at radius 1 is 0.396 bits per heavy atom. The predicted octanol–water partition coefficient (Wildman–Crippen LogP) is 12.3. The molecule has 111 heavy (non-hydrogen) atoms. The van der Waals surface area contributed by atoms with E-state index in [4.69, 9.17) is 43.2 Å². The van der Waals surface area contributed by atoms with Crippen molar-refractivity contribution in [3.63, 3.8) is 0 Å². The third-order valence-electron chi connectivity index (χ3n) is 18.1. The summed E-state index contributed by atoms with van der Waals surface area (Å²) in [6.45, 7) is 34.3. The molecule has 24 heteroatoms. The van der Waals surface area contributed by atoms with Crippen LogP contribution in [0.4, 0.5) is 4.79 Å². The zero-order valence-corrected chi connectivity index (χ0v) is 70.6. The van der Waals surface area contributed by atoms with Gasteiger partial charge < -0.3 is 42.6 Å². The third kappa shape index (κ3) is 28.1. The maximum Gasteiger partial charge on any atom is 0.410 e. The summed E-state index contributed by atoms with van der Waals surface area (Å²) in [5.74, 6) is 27.5. The molecule has 1 N–H and O–H groups in total. The Balaban J connectivity index is 0.000000257. The van der Waals surface area contributed by atoms with Gasteiger partial charge in [0, 0.05) is 163 Å². The highest BCUT2D eigenvalue weighted by molar-refractivity contribution is 7.70. The van der Waals surface area contributed by atoms with E-state index in [9.17, 15) is 23.1 Å². The van der Waals surface area contributed by atoms with E-state index in [1.54, 1.807) is 71.2 Å². The topological polar surface area (TPSA) is 211 Å². The quantitative estimate of drug-likeness (QED) is 0.0625. The van der Waals surface area contributed by atoms with Crippen LogP contribution in [0.25, 0.3) is 0 Å². The van der Waals surface area contributed by atoms with Crippen molar-refractivity contribution in [3.05, 3.63) is 224 Å². The lowest BCUT2D eigenvalue weighted by molar-refractivity contribution is 0.0229. The first-order valence-corrected chi connectivity index (χ1v) is 46.8. The van der Waals surface area contributed by atoms with Gasteiger partial charge in [-0.15, -0.1) is 0 Å². The molecule has 2 unspecified atom stereocenters. The number of pyridine rings is 4. The van der Waals surface area contributed by atoms with Crippen LogP contribution in [0.5, 0.6) is 11.5 Å². The average molecular weight is 1580 g/mol. The highest BCUT2D eigenvalue weighted by Crippen LogP contribution is 2.42. The first kappa shape index (κ1) is 86.2. The highest BCUT2D eigenvalue weighted by atomic mass is 31.2. The summed E-state index contributed by atoms with van der Waals surface area (Å²) in [5, 5.41) is 3.57. The molecule has 2 aliphatic heterocycles. The van der Waals surface area contributed by atoms with Crippen molar-refractivity contribution in [2.45, 2.75) is 80.2 Å². The third-order valence-corrected chi connectivity index (χ3v) is 24.4. The normalized spacial score (nSPS) is 15.4.